The SMILES string of the molecule is CC/C=C/CC/C(C)=C/CCCC. The Morgan fingerprint density at radius 3 is 2.46 bits per heavy atom. The van der Waals surface area contributed by atoms with Gasteiger partial charge in [0.05, 0.1) is 0 Å². The summed E-state index contributed by atoms with van der Waals surface area (Å²) in [5, 5.41) is 0. The van der Waals surface area contributed by atoms with E-state index in [1.54, 1.807) is 5.57 Å². The van der Waals surface area contributed by atoms with Crippen LogP contribution in [0.2, 0.25) is 0 Å². The van der Waals surface area contributed by atoms with E-state index in [1.165, 1.54) is 38.5 Å². The Bertz CT molecular complexity index is 151. The fraction of sp³-hybridized carbons (Fsp3) is 0.692. The molecule has 0 bridgehead atoms. The van der Waals surface area contributed by atoms with E-state index in [-0.39, 0.29) is 0 Å². The van der Waals surface area contributed by atoms with Crippen molar-refractivity contribution >= 4 is 0 Å². The van der Waals surface area contributed by atoms with E-state index in [0.29, 0.717) is 0 Å². The number of unbranched alkanes of at least 4 members (excludes halogenated alkanes) is 2. The smallest absolute Gasteiger partial charge is 0.0288 e. The van der Waals surface area contributed by atoms with Gasteiger partial charge in [0.25, 0.3) is 0 Å². The van der Waals surface area contributed by atoms with Gasteiger partial charge in [-0.1, -0.05) is 50.5 Å². The summed E-state index contributed by atoms with van der Waals surface area (Å²) in [5.41, 5.74) is 1.55. The maximum atomic E-state index is 2.39. The van der Waals surface area contributed by atoms with E-state index in [1.807, 2.05) is 0 Å². The summed E-state index contributed by atoms with van der Waals surface area (Å²) in [7, 11) is 0. The molecule has 0 radical (unpaired) electrons. The van der Waals surface area contributed by atoms with E-state index in [4.69, 9.17) is 0 Å². The van der Waals surface area contributed by atoms with Crippen molar-refractivity contribution < 1.29 is 0 Å². The van der Waals surface area contributed by atoms with Crippen LogP contribution in [0.1, 0.15) is 59.3 Å². The summed E-state index contributed by atoms with van der Waals surface area (Å²) >= 11 is 0. The van der Waals surface area contributed by atoms with Crippen LogP contribution in [0.4, 0.5) is 0 Å². The first kappa shape index (κ1) is 12.5. The molecule has 0 aliphatic rings. The standard InChI is InChI=1S/C13H24/c1-4-6-8-10-12-13(3)11-9-7-5-2/h6,8,11H,4-5,7,9-10,12H2,1-3H3/b8-6+,13-11+. The third-order valence-corrected chi connectivity index (χ3v) is 2.16. The van der Waals surface area contributed by atoms with Gasteiger partial charge in [-0.3, -0.25) is 0 Å². The summed E-state index contributed by atoms with van der Waals surface area (Å²) < 4.78 is 0. The highest BCUT2D eigenvalue weighted by atomic mass is 13.9. The second-order valence-corrected chi connectivity index (χ2v) is 3.61. The second kappa shape index (κ2) is 9.57. The number of rotatable bonds is 7. The van der Waals surface area contributed by atoms with E-state index in [2.05, 4.69) is 39.0 Å². The summed E-state index contributed by atoms with van der Waals surface area (Å²) in [6.45, 7) is 6.67. The molecular weight excluding hydrogens is 156 g/mol. The van der Waals surface area contributed by atoms with E-state index < -0.39 is 0 Å². The summed E-state index contributed by atoms with van der Waals surface area (Å²) in [6.07, 6.45) is 14.4. The lowest BCUT2D eigenvalue weighted by molar-refractivity contribution is 0.804. The maximum absolute atomic E-state index is 2.39. The highest BCUT2D eigenvalue weighted by Crippen LogP contribution is 2.07. The minimum Gasteiger partial charge on any atom is -0.0888 e. The van der Waals surface area contributed by atoms with E-state index in [0.717, 1.165) is 0 Å². The predicted octanol–water partition coefficient (Wildman–Crippen LogP) is 4.87. The number of hydrogen-bond acceptors (Lipinski definition) is 0. The molecule has 0 aliphatic carbocycles. The zero-order valence-electron chi connectivity index (χ0n) is 9.47. The molecule has 0 aromatic carbocycles. The lowest BCUT2D eigenvalue weighted by Crippen LogP contribution is -1.77. The summed E-state index contributed by atoms with van der Waals surface area (Å²) in [6, 6.07) is 0. The molecule has 0 aromatic heterocycles. The highest BCUT2D eigenvalue weighted by Gasteiger charge is 1.87. The van der Waals surface area contributed by atoms with E-state index in [9.17, 15) is 0 Å². The van der Waals surface area contributed by atoms with Crippen LogP contribution in [0.5, 0.6) is 0 Å². The van der Waals surface area contributed by atoms with Gasteiger partial charge >= 0.3 is 0 Å². The molecule has 0 saturated carbocycles. The molecule has 0 spiro atoms. The molecule has 13 heavy (non-hydrogen) atoms. The first-order valence-electron chi connectivity index (χ1n) is 5.61. The molecule has 76 valence electrons. The van der Waals surface area contributed by atoms with Gasteiger partial charge in [0.2, 0.25) is 0 Å². The lowest BCUT2D eigenvalue weighted by Gasteiger charge is -1.97. The fourth-order valence-electron chi connectivity index (χ4n) is 1.25. The average molecular weight is 180 g/mol. The Labute approximate surface area is 83.7 Å². The maximum Gasteiger partial charge on any atom is -0.0288 e. The first-order chi connectivity index (χ1) is 6.31. The van der Waals surface area contributed by atoms with Gasteiger partial charge in [-0.05, 0) is 32.6 Å². The van der Waals surface area contributed by atoms with Gasteiger partial charge < -0.3 is 0 Å². The van der Waals surface area contributed by atoms with Gasteiger partial charge in [-0.25, -0.2) is 0 Å². The Morgan fingerprint density at radius 1 is 1.08 bits per heavy atom. The van der Waals surface area contributed by atoms with Gasteiger partial charge in [-0.2, -0.15) is 0 Å². The van der Waals surface area contributed by atoms with Crippen LogP contribution in [-0.4, -0.2) is 0 Å². The minimum absolute atomic E-state index is 1.17. The molecule has 0 unspecified atom stereocenters. The van der Waals surface area contributed by atoms with Crippen molar-refractivity contribution in [2.75, 3.05) is 0 Å². The Hall–Kier alpha value is -0.520. The van der Waals surface area contributed by atoms with E-state index >= 15 is 0 Å². The zero-order valence-corrected chi connectivity index (χ0v) is 9.47. The molecule has 0 aliphatic heterocycles. The van der Waals surface area contributed by atoms with Crippen molar-refractivity contribution in [2.24, 2.45) is 0 Å². The van der Waals surface area contributed by atoms with Crippen LogP contribution in [-0.2, 0) is 0 Å². The Kier molecular flexibility index (Phi) is 9.18. The molecule has 0 aromatic rings. The normalized spacial score (nSPS) is 12.7. The molecule has 0 saturated heterocycles. The predicted molar refractivity (Wildman–Crippen MR) is 61.9 cm³/mol. The Morgan fingerprint density at radius 2 is 1.85 bits per heavy atom. The van der Waals surface area contributed by atoms with Gasteiger partial charge in [-0.15, -0.1) is 0 Å². The third kappa shape index (κ3) is 9.39. The zero-order chi connectivity index (χ0) is 9.94. The van der Waals surface area contributed by atoms with Crippen molar-refractivity contribution in [2.45, 2.75) is 59.3 Å². The minimum atomic E-state index is 1.17. The fourth-order valence-corrected chi connectivity index (χ4v) is 1.25. The first-order valence-corrected chi connectivity index (χ1v) is 5.61. The lowest BCUT2D eigenvalue weighted by atomic mass is 10.1. The van der Waals surface area contributed by atoms with Crippen LogP contribution in [0.15, 0.2) is 23.8 Å². The average Bonchev–Trinajstić information content (AvgIpc) is 2.13. The van der Waals surface area contributed by atoms with Gasteiger partial charge in [0.15, 0.2) is 0 Å². The van der Waals surface area contributed by atoms with Crippen LogP contribution >= 0.6 is 0 Å². The number of hydrogen-bond donors (Lipinski definition) is 0. The van der Waals surface area contributed by atoms with Gasteiger partial charge in [0, 0.05) is 0 Å². The molecule has 0 N–H and O–H groups in total. The third-order valence-electron chi connectivity index (χ3n) is 2.16. The van der Waals surface area contributed by atoms with Crippen molar-refractivity contribution in [1.29, 1.82) is 0 Å². The van der Waals surface area contributed by atoms with Crippen molar-refractivity contribution in [1.82, 2.24) is 0 Å². The van der Waals surface area contributed by atoms with Gasteiger partial charge in [0.1, 0.15) is 0 Å². The monoisotopic (exact) mass is 180 g/mol. The van der Waals surface area contributed by atoms with Crippen LogP contribution in [0.25, 0.3) is 0 Å². The van der Waals surface area contributed by atoms with Crippen molar-refractivity contribution in [3.63, 3.8) is 0 Å². The molecular formula is C13H24. The molecule has 0 atom stereocenters. The molecule has 0 heteroatoms. The van der Waals surface area contributed by atoms with Crippen LogP contribution in [0, 0.1) is 0 Å². The quantitative estimate of drug-likeness (QED) is 0.387. The summed E-state index contributed by atoms with van der Waals surface area (Å²) in [4.78, 5) is 0. The van der Waals surface area contributed by atoms with Crippen LogP contribution in [0.3, 0.4) is 0 Å². The Balaban J connectivity index is 3.43. The largest absolute Gasteiger partial charge is 0.0888 e. The van der Waals surface area contributed by atoms with Crippen molar-refractivity contribution in [3.05, 3.63) is 23.8 Å². The molecule has 0 nitrogen and oxygen atoms in total. The topological polar surface area (TPSA) is 0 Å². The molecule has 0 heterocycles. The van der Waals surface area contributed by atoms with Crippen molar-refractivity contribution in [3.8, 4) is 0 Å². The highest BCUT2D eigenvalue weighted by molar-refractivity contribution is 4.99. The second-order valence-electron chi connectivity index (χ2n) is 3.61. The number of allylic oxidation sites excluding steroid dienone is 4. The molecule has 0 fully saturated rings. The van der Waals surface area contributed by atoms with Crippen LogP contribution < -0.4 is 0 Å². The molecule has 0 amide bonds. The summed E-state index contributed by atoms with van der Waals surface area (Å²) in [5.74, 6) is 0. The molecule has 0 rings (SSSR count).